The van der Waals surface area contributed by atoms with Crippen LogP contribution < -0.4 is 20.3 Å². The molecule has 164 valence electrons. The molecule has 1 N–H and O–H groups in total. The largest absolute Gasteiger partial charge is 0.454 e. The Morgan fingerprint density at radius 1 is 1.00 bits per heavy atom. The molecule has 0 saturated carbocycles. The molecule has 2 aliphatic heterocycles. The third-order valence-electron chi connectivity index (χ3n) is 5.98. The van der Waals surface area contributed by atoms with E-state index in [2.05, 4.69) is 10.2 Å². The first kappa shape index (κ1) is 20.3. The molecule has 1 aromatic heterocycles. The summed E-state index contributed by atoms with van der Waals surface area (Å²) in [6, 6.07) is 14.8. The number of fused-ring (bicyclic) bond motifs is 1. The summed E-state index contributed by atoms with van der Waals surface area (Å²) in [4.78, 5) is 28.6. The molecule has 1 fully saturated rings. The fraction of sp³-hybridized carbons (Fsp3) is 0.280. The zero-order chi connectivity index (χ0) is 22.1. The Labute approximate surface area is 186 Å². The van der Waals surface area contributed by atoms with Crippen LogP contribution in [-0.4, -0.2) is 35.3 Å². The highest BCUT2D eigenvalue weighted by atomic mass is 16.7. The molecular formula is C25H25N3O4. The van der Waals surface area contributed by atoms with Crippen molar-refractivity contribution in [2.75, 3.05) is 25.2 Å². The third kappa shape index (κ3) is 3.99. The molecule has 0 spiro atoms. The van der Waals surface area contributed by atoms with Crippen LogP contribution >= 0.6 is 0 Å². The minimum absolute atomic E-state index is 0.117. The lowest BCUT2D eigenvalue weighted by Crippen LogP contribution is -2.29. The number of hydrogen-bond donors (Lipinski definition) is 1. The molecule has 1 amide bonds. The summed E-state index contributed by atoms with van der Waals surface area (Å²) in [6.07, 6.45) is 4.18. The summed E-state index contributed by atoms with van der Waals surface area (Å²) >= 11 is 0. The molecule has 0 bridgehead atoms. The summed E-state index contributed by atoms with van der Waals surface area (Å²) in [6.45, 7) is 5.13. The highest BCUT2D eigenvalue weighted by molar-refractivity contribution is 6.05. The summed E-state index contributed by atoms with van der Waals surface area (Å²) in [5, 5.41) is 2.87. The lowest BCUT2D eigenvalue weighted by molar-refractivity contribution is 0.102. The average Bonchev–Trinajstić information content (AvgIpc) is 3.46. The lowest BCUT2D eigenvalue weighted by Gasteiger charge is -2.15. The summed E-state index contributed by atoms with van der Waals surface area (Å²) in [7, 11) is 0. The number of ether oxygens (including phenoxy) is 2. The maximum Gasteiger partial charge on any atom is 0.268 e. The highest BCUT2D eigenvalue weighted by Crippen LogP contribution is 2.33. The predicted molar refractivity (Wildman–Crippen MR) is 122 cm³/mol. The van der Waals surface area contributed by atoms with Crippen LogP contribution in [0.15, 0.2) is 59.5 Å². The lowest BCUT2D eigenvalue weighted by atomic mass is 10.1. The van der Waals surface area contributed by atoms with Crippen molar-refractivity contribution in [3.05, 3.63) is 81.8 Å². The highest BCUT2D eigenvalue weighted by Gasteiger charge is 2.19. The van der Waals surface area contributed by atoms with Crippen LogP contribution in [0.2, 0.25) is 0 Å². The first-order valence-corrected chi connectivity index (χ1v) is 10.8. The first-order valence-electron chi connectivity index (χ1n) is 10.8. The molecular weight excluding hydrogens is 406 g/mol. The molecule has 7 heteroatoms. The average molecular weight is 431 g/mol. The zero-order valence-corrected chi connectivity index (χ0v) is 18.0. The molecule has 7 nitrogen and oxygen atoms in total. The number of nitrogens with zero attached hydrogens (tertiary/aromatic N) is 2. The van der Waals surface area contributed by atoms with Gasteiger partial charge in [0.2, 0.25) is 6.79 Å². The van der Waals surface area contributed by atoms with Gasteiger partial charge in [-0.15, -0.1) is 0 Å². The van der Waals surface area contributed by atoms with Gasteiger partial charge in [-0.05, 0) is 74.3 Å². The van der Waals surface area contributed by atoms with Crippen molar-refractivity contribution < 1.29 is 14.3 Å². The topological polar surface area (TPSA) is 72.8 Å². The van der Waals surface area contributed by atoms with E-state index >= 15 is 0 Å². The van der Waals surface area contributed by atoms with Crippen molar-refractivity contribution in [1.82, 2.24) is 9.47 Å². The van der Waals surface area contributed by atoms with E-state index in [1.807, 2.05) is 24.3 Å². The second-order valence-electron chi connectivity index (χ2n) is 8.22. The maximum atomic E-state index is 13.2. The van der Waals surface area contributed by atoms with Crippen LogP contribution in [0.1, 0.15) is 34.3 Å². The van der Waals surface area contributed by atoms with E-state index in [-0.39, 0.29) is 17.9 Å². The van der Waals surface area contributed by atoms with Gasteiger partial charge < -0.3 is 14.8 Å². The number of pyridine rings is 1. The number of rotatable bonds is 5. The number of anilines is 1. The Morgan fingerprint density at radius 2 is 1.75 bits per heavy atom. The summed E-state index contributed by atoms with van der Waals surface area (Å²) in [5.41, 5.74) is 2.84. The number of nitrogens with one attached hydrogen (secondary N) is 1. The Balaban J connectivity index is 1.36. The molecule has 2 aromatic carbocycles. The quantitative estimate of drug-likeness (QED) is 0.667. The van der Waals surface area contributed by atoms with Gasteiger partial charge in [-0.3, -0.25) is 19.1 Å². The maximum absolute atomic E-state index is 13.2. The van der Waals surface area contributed by atoms with Crippen molar-refractivity contribution in [1.29, 1.82) is 0 Å². The number of likely N-dealkylation sites (tertiary alicyclic amines) is 1. The van der Waals surface area contributed by atoms with Crippen molar-refractivity contribution in [3.63, 3.8) is 0 Å². The number of aromatic nitrogens is 1. The molecule has 5 rings (SSSR count). The van der Waals surface area contributed by atoms with Crippen molar-refractivity contribution >= 4 is 11.6 Å². The number of hydrogen-bond acceptors (Lipinski definition) is 5. The molecule has 3 aromatic rings. The van der Waals surface area contributed by atoms with Crippen molar-refractivity contribution in [2.45, 2.75) is 26.3 Å². The number of carbonyl (C=O) groups excluding carboxylic acids is 1. The SMILES string of the molecule is Cc1ccn(-c2ccc3c(c2)OCO3)c(=O)c1C(=O)Nc1ccc(CN2CCCC2)cc1. The van der Waals surface area contributed by atoms with Gasteiger partial charge in [0.25, 0.3) is 11.5 Å². The molecule has 0 radical (unpaired) electrons. The van der Waals surface area contributed by atoms with E-state index in [4.69, 9.17) is 9.47 Å². The van der Waals surface area contributed by atoms with E-state index in [1.165, 1.54) is 23.0 Å². The second-order valence-corrected chi connectivity index (χ2v) is 8.22. The first-order chi connectivity index (χ1) is 15.6. The Kier molecular flexibility index (Phi) is 5.41. The smallest absolute Gasteiger partial charge is 0.268 e. The number of benzene rings is 2. The van der Waals surface area contributed by atoms with Crippen LogP contribution in [0, 0.1) is 6.92 Å². The number of carbonyl (C=O) groups is 1. The van der Waals surface area contributed by atoms with Gasteiger partial charge in [0.1, 0.15) is 5.56 Å². The molecule has 0 aliphatic carbocycles. The summed E-state index contributed by atoms with van der Waals surface area (Å²) in [5.74, 6) is 0.796. The van der Waals surface area contributed by atoms with Gasteiger partial charge in [0, 0.05) is 24.5 Å². The Morgan fingerprint density at radius 3 is 2.53 bits per heavy atom. The minimum atomic E-state index is -0.421. The fourth-order valence-corrected chi connectivity index (χ4v) is 4.23. The van der Waals surface area contributed by atoms with Crippen molar-refractivity contribution in [2.24, 2.45) is 0 Å². The molecule has 32 heavy (non-hydrogen) atoms. The van der Waals surface area contributed by atoms with Gasteiger partial charge in [-0.2, -0.15) is 0 Å². The van der Waals surface area contributed by atoms with E-state index in [0.717, 1.165) is 19.6 Å². The number of amides is 1. The third-order valence-corrected chi connectivity index (χ3v) is 5.98. The fourth-order valence-electron chi connectivity index (χ4n) is 4.23. The second kappa shape index (κ2) is 8.51. The van der Waals surface area contributed by atoms with E-state index < -0.39 is 5.91 Å². The van der Waals surface area contributed by atoms with Crippen LogP contribution in [0.5, 0.6) is 11.5 Å². The van der Waals surface area contributed by atoms with Gasteiger partial charge in [0.05, 0.1) is 5.69 Å². The van der Waals surface area contributed by atoms with Gasteiger partial charge in [-0.25, -0.2) is 0 Å². The molecule has 3 heterocycles. The Hall–Kier alpha value is -3.58. The van der Waals surface area contributed by atoms with Crippen LogP contribution in [0.4, 0.5) is 5.69 Å². The molecule has 2 aliphatic rings. The van der Waals surface area contributed by atoms with Gasteiger partial charge >= 0.3 is 0 Å². The van der Waals surface area contributed by atoms with Crippen LogP contribution in [0.3, 0.4) is 0 Å². The predicted octanol–water partition coefficient (Wildman–Crippen LogP) is 3.72. The molecule has 0 unspecified atom stereocenters. The molecule has 1 saturated heterocycles. The van der Waals surface area contributed by atoms with Crippen LogP contribution in [0.25, 0.3) is 5.69 Å². The van der Waals surface area contributed by atoms with Gasteiger partial charge in [0.15, 0.2) is 11.5 Å². The van der Waals surface area contributed by atoms with E-state index in [1.54, 1.807) is 37.4 Å². The monoisotopic (exact) mass is 431 g/mol. The van der Waals surface area contributed by atoms with Crippen molar-refractivity contribution in [3.8, 4) is 17.2 Å². The Bertz CT molecular complexity index is 1210. The number of aryl methyl sites for hydroxylation is 1. The van der Waals surface area contributed by atoms with E-state index in [9.17, 15) is 9.59 Å². The van der Waals surface area contributed by atoms with Crippen LogP contribution in [-0.2, 0) is 6.54 Å². The van der Waals surface area contributed by atoms with Gasteiger partial charge in [-0.1, -0.05) is 12.1 Å². The standard InChI is InChI=1S/C25H25N3O4/c1-17-10-13-28(20-8-9-21-22(14-20)32-16-31-21)25(30)23(17)24(29)26-19-6-4-18(5-7-19)15-27-11-2-3-12-27/h4-10,13-14H,2-3,11-12,15-16H2,1H3,(H,26,29). The summed E-state index contributed by atoms with van der Waals surface area (Å²) < 4.78 is 12.2. The minimum Gasteiger partial charge on any atom is -0.454 e. The molecule has 0 atom stereocenters. The van der Waals surface area contributed by atoms with E-state index in [0.29, 0.717) is 28.4 Å². The normalized spacial score (nSPS) is 15.2. The zero-order valence-electron chi connectivity index (χ0n) is 18.0.